The predicted molar refractivity (Wildman–Crippen MR) is 53.4 cm³/mol. The average Bonchev–Trinajstić information content (AvgIpc) is 2.68. The van der Waals surface area contributed by atoms with E-state index in [1.807, 2.05) is 24.4 Å². The minimum absolute atomic E-state index is 0.763. The van der Waals surface area contributed by atoms with Gasteiger partial charge in [0.05, 0.1) is 11.9 Å². The Bertz CT molecular complexity index is 434. The van der Waals surface area contributed by atoms with E-state index >= 15 is 0 Å². The van der Waals surface area contributed by atoms with Gasteiger partial charge in [0.2, 0.25) is 0 Å². The molecule has 2 rings (SSSR count). The highest BCUT2D eigenvalue weighted by molar-refractivity contribution is 5.80. The van der Waals surface area contributed by atoms with E-state index in [0.717, 1.165) is 16.8 Å². The van der Waals surface area contributed by atoms with E-state index in [0.29, 0.717) is 0 Å². The van der Waals surface area contributed by atoms with Crippen molar-refractivity contribution in [1.82, 2.24) is 9.97 Å². The molecule has 0 atom stereocenters. The third-order valence-electron chi connectivity index (χ3n) is 1.92. The van der Waals surface area contributed by atoms with Crippen molar-refractivity contribution in [2.45, 2.75) is 0 Å². The van der Waals surface area contributed by atoms with Crippen molar-refractivity contribution in [2.75, 3.05) is 0 Å². The number of hydrogen-bond donors (Lipinski definition) is 2. The van der Waals surface area contributed by atoms with Gasteiger partial charge in [0, 0.05) is 18.6 Å². The van der Waals surface area contributed by atoms with Crippen LogP contribution in [-0.4, -0.2) is 21.4 Å². The van der Waals surface area contributed by atoms with Crippen LogP contribution in [0.3, 0.4) is 0 Å². The molecule has 0 aliphatic heterocycles. The second kappa shape index (κ2) is 3.74. The second-order valence-corrected chi connectivity index (χ2v) is 2.82. The Hall–Kier alpha value is -2.10. The molecular weight excluding hydrogens is 178 g/mol. The first-order chi connectivity index (χ1) is 6.90. The van der Waals surface area contributed by atoms with E-state index in [4.69, 9.17) is 5.21 Å². The summed E-state index contributed by atoms with van der Waals surface area (Å²) in [5, 5.41) is 11.3. The first kappa shape index (κ1) is 8.50. The number of oxime groups is 1. The van der Waals surface area contributed by atoms with E-state index in [-0.39, 0.29) is 0 Å². The summed E-state index contributed by atoms with van der Waals surface area (Å²) in [5.74, 6) is 0. The largest absolute Gasteiger partial charge is 0.411 e. The van der Waals surface area contributed by atoms with Crippen molar-refractivity contribution in [2.24, 2.45) is 5.16 Å². The lowest BCUT2D eigenvalue weighted by molar-refractivity contribution is 0.321. The number of hydrogen-bond acceptors (Lipinski definition) is 3. The summed E-state index contributed by atoms with van der Waals surface area (Å²) in [6, 6.07) is 5.74. The SMILES string of the molecule is O/N=C/c1cc(-c2ccncc2)c[nH]1. The van der Waals surface area contributed by atoms with E-state index in [2.05, 4.69) is 15.1 Å². The highest BCUT2D eigenvalue weighted by Gasteiger charge is 1.99. The van der Waals surface area contributed by atoms with E-state index in [1.165, 1.54) is 6.21 Å². The smallest absolute Gasteiger partial charge is 0.0896 e. The quantitative estimate of drug-likeness (QED) is 0.428. The van der Waals surface area contributed by atoms with Gasteiger partial charge in [0.1, 0.15) is 0 Å². The minimum Gasteiger partial charge on any atom is -0.411 e. The third-order valence-corrected chi connectivity index (χ3v) is 1.92. The van der Waals surface area contributed by atoms with Gasteiger partial charge >= 0.3 is 0 Å². The standard InChI is InChI=1S/C10H9N3O/c14-13-7-10-5-9(6-12-10)8-1-3-11-4-2-8/h1-7,12,14H/b13-7+. The van der Waals surface area contributed by atoms with Crippen molar-refractivity contribution >= 4 is 6.21 Å². The molecule has 0 radical (unpaired) electrons. The fourth-order valence-corrected chi connectivity index (χ4v) is 1.26. The molecule has 0 saturated carbocycles. The number of rotatable bonds is 2. The molecule has 0 aliphatic rings. The molecule has 0 amide bonds. The predicted octanol–water partition coefficient (Wildman–Crippen LogP) is 1.88. The molecule has 2 heterocycles. The van der Waals surface area contributed by atoms with Crippen molar-refractivity contribution in [3.8, 4) is 11.1 Å². The summed E-state index contributed by atoms with van der Waals surface area (Å²) in [6.45, 7) is 0. The van der Waals surface area contributed by atoms with Crippen molar-refractivity contribution < 1.29 is 5.21 Å². The van der Waals surface area contributed by atoms with Crippen LogP contribution in [-0.2, 0) is 0 Å². The number of nitrogens with one attached hydrogen (secondary N) is 1. The van der Waals surface area contributed by atoms with Crippen LogP contribution in [0.15, 0.2) is 41.9 Å². The molecule has 14 heavy (non-hydrogen) atoms. The lowest BCUT2D eigenvalue weighted by Crippen LogP contribution is -1.77. The maximum atomic E-state index is 8.34. The van der Waals surface area contributed by atoms with E-state index in [9.17, 15) is 0 Å². The Morgan fingerprint density at radius 2 is 2.07 bits per heavy atom. The number of nitrogens with zero attached hydrogens (tertiary/aromatic N) is 2. The van der Waals surface area contributed by atoms with Gasteiger partial charge in [0.15, 0.2) is 0 Å². The minimum atomic E-state index is 0.763. The first-order valence-electron chi connectivity index (χ1n) is 4.16. The molecule has 2 N–H and O–H groups in total. The van der Waals surface area contributed by atoms with Gasteiger partial charge in [-0.15, -0.1) is 0 Å². The molecule has 0 unspecified atom stereocenters. The molecular formula is C10H9N3O. The van der Waals surface area contributed by atoms with Gasteiger partial charge in [0.25, 0.3) is 0 Å². The molecule has 0 bridgehead atoms. The van der Waals surface area contributed by atoms with Gasteiger partial charge in [-0.2, -0.15) is 0 Å². The summed E-state index contributed by atoms with van der Waals surface area (Å²) in [6.07, 6.45) is 6.68. The maximum absolute atomic E-state index is 8.34. The maximum Gasteiger partial charge on any atom is 0.0896 e. The van der Waals surface area contributed by atoms with E-state index in [1.54, 1.807) is 12.4 Å². The molecule has 0 aliphatic carbocycles. The topological polar surface area (TPSA) is 61.3 Å². The highest BCUT2D eigenvalue weighted by Crippen LogP contribution is 2.18. The van der Waals surface area contributed by atoms with Crippen LogP contribution in [0.1, 0.15) is 5.69 Å². The van der Waals surface area contributed by atoms with Gasteiger partial charge < -0.3 is 10.2 Å². The van der Waals surface area contributed by atoms with Crippen molar-refractivity contribution in [3.63, 3.8) is 0 Å². The van der Waals surface area contributed by atoms with Crippen LogP contribution in [0.25, 0.3) is 11.1 Å². The molecule has 0 spiro atoms. The molecule has 0 fully saturated rings. The van der Waals surface area contributed by atoms with Gasteiger partial charge in [-0.1, -0.05) is 5.16 Å². The molecule has 70 valence electrons. The molecule has 4 heteroatoms. The molecule has 2 aromatic heterocycles. The summed E-state index contributed by atoms with van der Waals surface area (Å²) < 4.78 is 0. The highest BCUT2D eigenvalue weighted by atomic mass is 16.4. The average molecular weight is 187 g/mol. The van der Waals surface area contributed by atoms with Crippen LogP contribution in [0.4, 0.5) is 0 Å². The Labute approximate surface area is 80.9 Å². The molecule has 0 aromatic carbocycles. The second-order valence-electron chi connectivity index (χ2n) is 2.82. The fraction of sp³-hybridized carbons (Fsp3) is 0. The van der Waals surface area contributed by atoms with Crippen LogP contribution in [0.5, 0.6) is 0 Å². The van der Waals surface area contributed by atoms with Crippen LogP contribution < -0.4 is 0 Å². The summed E-state index contributed by atoms with van der Waals surface area (Å²) in [4.78, 5) is 6.91. The number of aromatic nitrogens is 2. The third kappa shape index (κ3) is 1.64. The summed E-state index contributed by atoms with van der Waals surface area (Å²) in [5.41, 5.74) is 2.88. The summed E-state index contributed by atoms with van der Waals surface area (Å²) in [7, 11) is 0. The van der Waals surface area contributed by atoms with Gasteiger partial charge in [-0.3, -0.25) is 4.98 Å². The molecule has 0 saturated heterocycles. The Morgan fingerprint density at radius 1 is 1.29 bits per heavy atom. The van der Waals surface area contributed by atoms with E-state index < -0.39 is 0 Å². The Morgan fingerprint density at radius 3 is 2.79 bits per heavy atom. The number of H-pyrrole nitrogens is 1. The number of aromatic amines is 1. The zero-order valence-corrected chi connectivity index (χ0v) is 7.38. The molecule has 4 nitrogen and oxygen atoms in total. The lowest BCUT2D eigenvalue weighted by atomic mass is 10.1. The zero-order chi connectivity index (χ0) is 9.80. The zero-order valence-electron chi connectivity index (χ0n) is 7.38. The fourth-order valence-electron chi connectivity index (χ4n) is 1.26. The van der Waals surface area contributed by atoms with Crippen LogP contribution in [0.2, 0.25) is 0 Å². The lowest BCUT2D eigenvalue weighted by Gasteiger charge is -1.93. The number of pyridine rings is 1. The normalized spacial score (nSPS) is 10.9. The summed E-state index contributed by atoms with van der Waals surface area (Å²) >= 11 is 0. The molecule has 2 aromatic rings. The van der Waals surface area contributed by atoms with Gasteiger partial charge in [-0.05, 0) is 29.3 Å². The van der Waals surface area contributed by atoms with Gasteiger partial charge in [-0.25, -0.2) is 0 Å². The van der Waals surface area contributed by atoms with Crippen LogP contribution in [0, 0.1) is 0 Å². The van der Waals surface area contributed by atoms with Crippen LogP contribution >= 0.6 is 0 Å². The first-order valence-corrected chi connectivity index (χ1v) is 4.16. The Kier molecular flexibility index (Phi) is 2.27. The van der Waals surface area contributed by atoms with Crippen molar-refractivity contribution in [3.05, 3.63) is 42.5 Å². The Balaban J connectivity index is 2.34. The monoisotopic (exact) mass is 187 g/mol. The van der Waals surface area contributed by atoms with Crippen molar-refractivity contribution in [1.29, 1.82) is 0 Å².